The van der Waals surface area contributed by atoms with Gasteiger partial charge in [-0.2, -0.15) is 0 Å². The van der Waals surface area contributed by atoms with Crippen LogP contribution in [0.4, 0.5) is 0 Å². The molecule has 3 nitrogen and oxygen atoms in total. The van der Waals surface area contributed by atoms with Gasteiger partial charge in [0.25, 0.3) is 0 Å². The second-order valence-electron chi connectivity index (χ2n) is 7.89. The smallest absolute Gasteiger partial charge is 0.150 e. The molecule has 0 aliphatic carbocycles. The van der Waals surface area contributed by atoms with Crippen molar-refractivity contribution < 1.29 is 13.5 Å². The highest BCUT2D eigenvalue weighted by Crippen LogP contribution is 2.14. The second kappa shape index (κ2) is 19.7. The van der Waals surface area contributed by atoms with Crippen molar-refractivity contribution in [1.29, 1.82) is 0 Å². The first-order chi connectivity index (χ1) is 12.6. The molecule has 0 saturated carbocycles. The molecule has 0 aliphatic heterocycles. The molecule has 0 bridgehead atoms. The van der Waals surface area contributed by atoms with Gasteiger partial charge in [0.15, 0.2) is 0 Å². The average molecular weight is 391 g/mol. The van der Waals surface area contributed by atoms with E-state index in [0.717, 1.165) is 12.8 Å². The molecule has 0 heterocycles. The summed E-state index contributed by atoms with van der Waals surface area (Å²) < 4.78 is 23.5. The topological polar surface area (TPSA) is 54.4 Å². The summed E-state index contributed by atoms with van der Waals surface area (Å²) in [5, 5.41) is 8.69. The van der Waals surface area contributed by atoms with E-state index in [0.29, 0.717) is 18.6 Å². The molecule has 0 unspecified atom stereocenters. The predicted molar refractivity (Wildman–Crippen MR) is 115 cm³/mol. The van der Waals surface area contributed by atoms with Gasteiger partial charge in [-0.25, -0.2) is 8.42 Å². The van der Waals surface area contributed by atoms with Crippen LogP contribution in [0, 0.1) is 0 Å². The molecule has 0 spiro atoms. The van der Waals surface area contributed by atoms with Crippen molar-refractivity contribution in [2.75, 3.05) is 18.1 Å². The molecule has 0 saturated heterocycles. The van der Waals surface area contributed by atoms with Gasteiger partial charge in [0.2, 0.25) is 0 Å². The fourth-order valence-electron chi connectivity index (χ4n) is 3.41. The number of rotatable bonds is 21. The molecule has 0 aliphatic rings. The Kier molecular flexibility index (Phi) is 19.6. The lowest BCUT2D eigenvalue weighted by Gasteiger charge is -2.05. The summed E-state index contributed by atoms with van der Waals surface area (Å²) in [5.74, 6) is 0.573. The van der Waals surface area contributed by atoms with Crippen molar-refractivity contribution in [3.8, 4) is 0 Å². The summed E-state index contributed by atoms with van der Waals surface area (Å²) in [7, 11) is -2.88. The van der Waals surface area contributed by atoms with Crippen LogP contribution < -0.4 is 0 Å². The first-order valence-corrected chi connectivity index (χ1v) is 13.3. The van der Waals surface area contributed by atoms with Gasteiger partial charge in [-0.15, -0.1) is 0 Å². The van der Waals surface area contributed by atoms with Gasteiger partial charge >= 0.3 is 0 Å². The third-order valence-corrected chi connectivity index (χ3v) is 6.99. The minimum atomic E-state index is -2.88. The maximum absolute atomic E-state index is 11.8. The van der Waals surface area contributed by atoms with Crippen molar-refractivity contribution >= 4 is 9.84 Å². The van der Waals surface area contributed by atoms with E-state index in [1.54, 1.807) is 0 Å². The van der Waals surface area contributed by atoms with Crippen LogP contribution in [0.3, 0.4) is 0 Å². The number of sulfone groups is 1. The molecule has 0 aromatic rings. The normalized spacial score (nSPS) is 11.9. The zero-order valence-corrected chi connectivity index (χ0v) is 18.3. The van der Waals surface area contributed by atoms with Crippen molar-refractivity contribution in [3.63, 3.8) is 0 Å². The molecule has 0 amide bonds. The summed E-state index contributed by atoms with van der Waals surface area (Å²) in [6.07, 6.45) is 22.1. The molecule has 4 heteroatoms. The lowest BCUT2D eigenvalue weighted by atomic mass is 10.0. The van der Waals surface area contributed by atoms with E-state index in [1.807, 2.05) is 0 Å². The fraction of sp³-hybridized carbons (Fsp3) is 1.00. The molecular formula is C22H46O3S. The van der Waals surface area contributed by atoms with Crippen molar-refractivity contribution in [2.45, 2.75) is 122 Å². The molecule has 0 rings (SSSR count). The minimum absolute atomic E-state index is 0.0918. The largest absolute Gasteiger partial charge is 0.396 e. The Hall–Kier alpha value is -0.0900. The fourth-order valence-corrected chi connectivity index (χ4v) is 4.90. The lowest BCUT2D eigenvalue weighted by Crippen LogP contribution is -2.11. The third-order valence-electron chi connectivity index (χ3n) is 5.17. The number of unbranched alkanes of at least 4 members (excludes halogenated alkanes) is 16. The molecule has 0 atom stereocenters. The molecule has 26 heavy (non-hydrogen) atoms. The predicted octanol–water partition coefficient (Wildman–Crippen LogP) is 6.44. The number of hydrogen-bond acceptors (Lipinski definition) is 3. The molecule has 158 valence electrons. The van der Waals surface area contributed by atoms with Crippen molar-refractivity contribution in [3.05, 3.63) is 0 Å². The Morgan fingerprint density at radius 1 is 0.500 bits per heavy atom. The highest BCUT2D eigenvalue weighted by molar-refractivity contribution is 7.91. The minimum Gasteiger partial charge on any atom is -0.396 e. The van der Waals surface area contributed by atoms with E-state index in [-0.39, 0.29) is 12.4 Å². The van der Waals surface area contributed by atoms with E-state index >= 15 is 0 Å². The monoisotopic (exact) mass is 390 g/mol. The van der Waals surface area contributed by atoms with Crippen LogP contribution in [0.15, 0.2) is 0 Å². The van der Waals surface area contributed by atoms with Crippen LogP contribution in [0.5, 0.6) is 0 Å². The maximum Gasteiger partial charge on any atom is 0.150 e. The van der Waals surface area contributed by atoms with Crippen molar-refractivity contribution in [1.82, 2.24) is 0 Å². The van der Waals surface area contributed by atoms with Gasteiger partial charge < -0.3 is 5.11 Å². The van der Waals surface area contributed by atoms with E-state index < -0.39 is 9.84 Å². The van der Waals surface area contributed by atoms with Crippen LogP contribution in [-0.4, -0.2) is 31.6 Å². The van der Waals surface area contributed by atoms with Gasteiger partial charge in [-0.1, -0.05) is 103 Å². The van der Waals surface area contributed by atoms with E-state index in [1.165, 1.54) is 89.9 Å². The Morgan fingerprint density at radius 2 is 0.808 bits per heavy atom. The molecule has 0 aromatic heterocycles. The first-order valence-electron chi connectivity index (χ1n) is 11.4. The molecule has 1 N–H and O–H groups in total. The van der Waals surface area contributed by atoms with Crippen LogP contribution in [0.2, 0.25) is 0 Å². The van der Waals surface area contributed by atoms with E-state index in [4.69, 9.17) is 5.11 Å². The van der Waals surface area contributed by atoms with Crippen LogP contribution in [-0.2, 0) is 9.84 Å². The zero-order chi connectivity index (χ0) is 19.3. The highest BCUT2D eigenvalue weighted by Gasteiger charge is 2.09. The highest BCUT2D eigenvalue weighted by atomic mass is 32.2. The number of aliphatic hydroxyl groups excluding tert-OH is 1. The summed E-state index contributed by atoms with van der Waals surface area (Å²) in [4.78, 5) is 0. The zero-order valence-electron chi connectivity index (χ0n) is 17.5. The molecule has 0 fully saturated rings. The standard InChI is InChI=1S/C22H46O3S/c1-2-3-4-5-6-7-8-9-10-11-12-13-14-15-16-18-21-26(24,25)22-19-17-20-23/h23H,2-22H2,1H3. The lowest BCUT2D eigenvalue weighted by molar-refractivity contribution is 0.287. The second-order valence-corrected chi connectivity index (χ2v) is 10.2. The van der Waals surface area contributed by atoms with Crippen LogP contribution in [0.1, 0.15) is 122 Å². The summed E-state index contributed by atoms with van der Waals surface area (Å²) >= 11 is 0. The van der Waals surface area contributed by atoms with Crippen molar-refractivity contribution in [2.24, 2.45) is 0 Å². The van der Waals surface area contributed by atoms with Crippen LogP contribution in [0.25, 0.3) is 0 Å². The Labute approximate surface area is 164 Å². The van der Waals surface area contributed by atoms with Gasteiger partial charge in [-0.3, -0.25) is 0 Å². The summed E-state index contributed by atoms with van der Waals surface area (Å²) in [6.45, 7) is 2.36. The maximum atomic E-state index is 11.8. The number of aliphatic hydroxyl groups is 1. The van der Waals surface area contributed by atoms with Gasteiger partial charge in [-0.05, 0) is 19.3 Å². The molecule has 0 aromatic carbocycles. The Balaban J connectivity index is 3.20. The third kappa shape index (κ3) is 20.2. The first kappa shape index (κ1) is 25.9. The summed E-state index contributed by atoms with van der Waals surface area (Å²) in [5.41, 5.74) is 0. The quantitative estimate of drug-likeness (QED) is 0.230. The van der Waals surface area contributed by atoms with E-state index in [9.17, 15) is 8.42 Å². The Morgan fingerprint density at radius 3 is 1.15 bits per heavy atom. The SMILES string of the molecule is CCCCCCCCCCCCCCCCCCS(=O)(=O)CCCCO. The molecule has 0 radical (unpaired) electrons. The summed E-state index contributed by atoms with van der Waals surface area (Å²) in [6, 6.07) is 0. The van der Waals surface area contributed by atoms with Crippen LogP contribution >= 0.6 is 0 Å². The Bertz CT molecular complexity index is 366. The molecular weight excluding hydrogens is 344 g/mol. The van der Waals surface area contributed by atoms with E-state index in [2.05, 4.69) is 6.92 Å². The van der Waals surface area contributed by atoms with Gasteiger partial charge in [0.05, 0.1) is 11.5 Å². The number of hydrogen-bond donors (Lipinski definition) is 1. The van der Waals surface area contributed by atoms with Gasteiger partial charge in [0, 0.05) is 6.61 Å². The average Bonchev–Trinajstić information content (AvgIpc) is 2.61. The van der Waals surface area contributed by atoms with Gasteiger partial charge in [0.1, 0.15) is 9.84 Å².